The van der Waals surface area contributed by atoms with Crippen LogP contribution in [0.15, 0.2) is 154 Å². The Morgan fingerprint density at radius 3 is 1.92 bits per heavy atom. The first-order chi connectivity index (χ1) is 51.4. The fraction of sp³-hybridized carbons (Fsp3) is 0.367. The van der Waals surface area contributed by atoms with Crippen molar-refractivity contribution < 1.29 is 32.3 Å². The summed E-state index contributed by atoms with van der Waals surface area (Å²) in [6.45, 7) is 21.3. The molecular formula is C79H99N16O9P3S. The van der Waals surface area contributed by atoms with Gasteiger partial charge in [0.1, 0.15) is 42.9 Å². The third-order valence-corrected chi connectivity index (χ3v) is 25.2. The monoisotopic (exact) mass is 1540 g/mol. The molecule has 0 saturated carbocycles. The number of sulfone groups is 1. The second-order valence-corrected chi connectivity index (χ2v) is 41.2. The van der Waals surface area contributed by atoms with Crippen LogP contribution in [0.25, 0.3) is 32.7 Å². The van der Waals surface area contributed by atoms with E-state index in [0.717, 1.165) is 142 Å². The summed E-state index contributed by atoms with van der Waals surface area (Å²) in [7, 11) is -4.93. The number of benzene rings is 6. The smallest absolute Gasteiger partial charge is 0.332 e. The predicted octanol–water partition coefficient (Wildman–Crippen LogP) is 11.0. The minimum atomic E-state index is -3.30. The Morgan fingerprint density at radius 2 is 1.29 bits per heavy atom. The van der Waals surface area contributed by atoms with E-state index in [1.54, 1.807) is 50.7 Å². The van der Waals surface area contributed by atoms with Crippen LogP contribution in [0.2, 0.25) is 0 Å². The van der Waals surface area contributed by atoms with E-state index in [1.165, 1.54) is 53.6 Å². The molecule has 4 aromatic heterocycles. The van der Waals surface area contributed by atoms with Gasteiger partial charge in [0.05, 0.1) is 53.5 Å². The zero-order valence-electron chi connectivity index (χ0n) is 63.4. The van der Waals surface area contributed by atoms with Gasteiger partial charge in [0.15, 0.2) is 21.3 Å². The van der Waals surface area contributed by atoms with Crippen LogP contribution < -0.4 is 58.4 Å². The van der Waals surface area contributed by atoms with Crippen LogP contribution in [0, 0.1) is 18.3 Å². The normalized spacial score (nSPS) is 14.5. The first-order valence-electron chi connectivity index (χ1n) is 36.2. The Morgan fingerprint density at radius 1 is 0.657 bits per heavy atom. The van der Waals surface area contributed by atoms with Gasteiger partial charge >= 0.3 is 5.69 Å². The number of aryl methyl sites for hydroxylation is 1. The fourth-order valence-electron chi connectivity index (χ4n) is 13.7. The summed E-state index contributed by atoms with van der Waals surface area (Å²) in [6.07, 6.45) is 5.09. The molecule has 0 aliphatic carbocycles. The fourth-order valence-corrected chi connectivity index (χ4v) is 16.9. The molecule has 3 aliphatic rings. The van der Waals surface area contributed by atoms with Crippen molar-refractivity contribution in [2.45, 2.75) is 44.2 Å². The summed E-state index contributed by atoms with van der Waals surface area (Å²) in [5.41, 5.74) is 13.6. The second-order valence-electron chi connectivity index (χ2n) is 29.2. The Balaban J connectivity index is 0.000000163. The number of fused-ring (bicyclic) bond motifs is 5. The van der Waals surface area contributed by atoms with Gasteiger partial charge in [-0.3, -0.25) is 18.8 Å². The molecule has 6 aromatic carbocycles. The van der Waals surface area contributed by atoms with Gasteiger partial charge in [-0.2, -0.15) is 5.26 Å². The van der Waals surface area contributed by atoms with Crippen molar-refractivity contribution in [1.82, 2.24) is 38.9 Å². The lowest BCUT2D eigenvalue weighted by atomic mass is 10.00. The van der Waals surface area contributed by atoms with Crippen LogP contribution in [0.4, 0.5) is 57.3 Å². The molecule has 7 heterocycles. The summed E-state index contributed by atoms with van der Waals surface area (Å²) < 4.78 is 62.9. The second kappa shape index (κ2) is 34.1. The topological polar surface area (TPSA) is 309 Å². The van der Waals surface area contributed by atoms with Gasteiger partial charge in [-0.05, 0) is 168 Å². The molecule has 3 aliphatic heterocycles. The Kier molecular flexibility index (Phi) is 25.2. The summed E-state index contributed by atoms with van der Waals surface area (Å²) in [6, 6.07) is 47.0. The third kappa shape index (κ3) is 19.4. The van der Waals surface area contributed by atoms with Gasteiger partial charge in [-0.25, -0.2) is 33.2 Å². The van der Waals surface area contributed by atoms with Crippen LogP contribution in [0.5, 0.6) is 0 Å². The number of aliphatic hydroxyl groups is 2. The van der Waals surface area contributed by atoms with E-state index in [1.807, 2.05) is 88.0 Å². The van der Waals surface area contributed by atoms with Crippen molar-refractivity contribution in [2.75, 3.05) is 175 Å². The van der Waals surface area contributed by atoms with E-state index in [-0.39, 0.29) is 42.2 Å². The minimum Gasteiger partial charge on any atom is -0.395 e. The molecule has 570 valence electrons. The molecule has 10 aromatic rings. The molecule has 0 spiro atoms. The molecule has 2 fully saturated rings. The number of hydrogen-bond acceptors (Lipinski definition) is 23. The number of pyridine rings is 3. The predicted molar refractivity (Wildman–Crippen MR) is 443 cm³/mol. The van der Waals surface area contributed by atoms with Crippen molar-refractivity contribution in [3.8, 4) is 6.07 Å². The highest BCUT2D eigenvalue weighted by atomic mass is 32.2. The number of aromatic nitrogens is 5. The third-order valence-electron chi connectivity index (χ3n) is 19.7. The van der Waals surface area contributed by atoms with Crippen LogP contribution in [0.3, 0.4) is 0 Å². The van der Waals surface area contributed by atoms with E-state index >= 15 is 0 Å². The number of piperazine rings is 1. The highest BCUT2D eigenvalue weighted by molar-refractivity contribution is 7.90. The SMILES string of the molecule is CN1CCc2nc(Nc3ccc(S(C)(=O)=O)cc3)c(C#N)c(NCc3cccc(P(C)(C)=O)c3)c2C1.CP(C)(=O)c1ccc(Nc2cc(NN3CCCC3)c3c(ccc4ccccc43)n2)cc1.Cc1c(Nc2ccc(N3CCN(CCP(C)(C)=O)CC3)cc2)nc2c(c1N(CCO)CCO)c(=O)n(C)c(=O)n2C. The number of rotatable bonds is 23. The highest BCUT2D eigenvalue weighted by Gasteiger charge is 2.28. The van der Waals surface area contributed by atoms with Crippen molar-refractivity contribution in [2.24, 2.45) is 14.1 Å². The Hall–Kier alpha value is -9.24. The largest absolute Gasteiger partial charge is 0.395 e. The molecule has 0 amide bonds. The molecule has 25 nitrogen and oxygen atoms in total. The van der Waals surface area contributed by atoms with Crippen LogP contribution in [-0.2, 0) is 57.1 Å². The van der Waals surface area contributed by atoms with Crippen molar-refractivity contribution in [1.29, 1.82) is 5.26 Å². The van der Waals surface area contributed by atoms with Gasteiger partial charge in [0.2, 0.25) is 0 Å². The van der Waals surface area contributed by atoms with Crippen LogP contribution in [-0.4, -0.2) is 196 Å². The van der Waals surface area contributed by atoms with Crippen molar-refractivity contribution >= 4 is 132 Å². The maximum atomic E-state index is 13.3. The zero-order chi connectivity index (χ0) is 77.4. The number of anilines is 10. The van der Waals surface area contributed by atoms with Gasteiger partial charge < -0.3 is 65.3 Å². The maximum absolute atomic E-state index is 13.3. The van der Waals surface area contributed by atoms with Gasteiger partial charge in [-0.1, -0.05) is 48.5 Å². The number of hydrogen-bond donors (Lipinski definition) is 7. The average molecular weight is 1540 g/mol. The first-order valence-corrected chi connectivity index (χ1v) is 46.1. The Bertz CT molecular complexity index is 5370. The number of nitrogens with one attached hydrogen (secondary N) is 5. The lowest BCUT2D eigenvalue weighted by Crippen LogP contribution is -2.47. The lowest BCUT2D eigenvalue weighted by molar-refractivity contribution is 0.272. The molecule has 108 heavy (non-hydrogen) atoms. The number of nitriles is 1. The van der Waals surface area contributed by atoms with E-state index < -0.39 is 42.5 Å². The van der Waals surface area contributed by atoms with Gasteiger partial charge in [0, 0.05) is 167 Å². The number of aliphatic hydroxyl groups excluding tert-OH is 2. The summed E-state index contributed by atoms with van der Waals surface area (Å²) in [5, 5.41) is 50.8. The van der Waals surface area contributed by atoms with Gasteiger partial charge in [-0.15, -0.1) is 0 Å². The lowest BCUT2D eigenvalue weighted by Gasteiger charge is -2.36. The van der Waals surface area contributed by atoms with Crippen LogP contribution in [0.1, 0.15) is 40.8 Å². The molecule has 7 N–H and O–H groups in total. The quantitative estimate of drug-likeness (QED) is 0.0231. The molecule has 0 radical (unpaired) electrons. The summed E-state index contributed by atoms with van der Waals surface area (Å²) in [5.74, 6) is 1.69. The minimum absolute atomic E-state index is 0.175. The number of likely N-dealkylation sites (N-methyl/N-ethyl adjacent to an activating group) is 1. The molecule has 0 atom stereocenters. The van der Waals surface area contributed by atoms with Crippen molar-refractivity contribution in [3.63, 3.8) is 0 Å². The molecule has 2 saturated heterocycles. The van der Waals surface area contributed by atoms with E-state index in [9.17, 15) is 47.2 Å². The van der Waals surface area contributed by atoms with E-state index in [0.29, 0.717) is 47.2 Å². The summed E-state index contributed by atoms with van der Waals surface area (Å²) in [4.78, 5) is 49.3. The van der Waals surface area contributed by atoms with Gasteiger partial charge in [0.25, 0.3) is 5.56 Å². The highest BCUT2D eigenvalue weighted by Crippen LogP contribution is 2.41. The van der Waals surface area contributed by atoms with E-state index in [2.05, 4.69) is 107 Å². The molecule has 0 unspecified atom stereocenters. The number of nitrogens with zero attached hydrogens (tertiary/aromatic N) is 11. The molecule has 0 bridgehead atoms. The standard InChI is InChI=1S/C28H42N7O5P.C26H30N5O3PS.C25H27N4OP/c1-20-24(35(14-17-36)15-18-37)23-26(31(2)28(39)32(3)27(23)38)30-25(20)29-21-6-8-22(9-7-21)34-12-10-33(11-13-34)16-19-41(4,5)40;1-31-13-12-24-23(17-31)25(28-16-18-6-5-7-20(14-18)35(2,3)32)22(15-27)26(30-24)29-19-8-10-21(11-9-19)36(4,33)34;1-31(2,30)20-12-10-19(11-13-20)26-24-17-23(28-29-15-5-6-16-29)25-21-8-4-3-7-18(21)9-14-22(25)27-24/h6-9,36-37H,10-19H2,1-5H3,(H,29,30);5-11,14H,12-13,16-17H2,1-4H3,(H2,28,29,30);3-4,7-14,17H,5-6,15-16H2,1-2H3,(H2,26,27,28). The zero-order valence-corrected chi connectivity index (χ0v) is 66.9. The molecule has 29 heteroatoms. The first kappa shape index (κ1) is 79.8. The molecule has 13 rings (SSSR count). The van der Waals surface area contributed by atoms with Crippen molar-refractivity contribution in [3.05, 3.63) is 188 Å². The van der Waals surface area contributed by atoms with Crippen LogP contribution >= 0.6 is 21.4 Å². The summed E-state index contributed by atoms with van der Waals surface area (Å²) >= 11 is 0. The van der Waals surface area contributed by atoms with E-state index in [4.69, 9.17) is 15.0 Å². The number of hydrazine groups is 1. The average Bonchev–Trinajstić information content (AvgIpc) is 0.851. The molecular weight excluding hydrogens is 1440 g/mol. The Labute approximate surface area is 632 Å². The maximum Gasteiger partial charge on any atom is 0.332 e.